The largest absolute Gasteiger partial charge is 0.378 e. The molecule has 0 atom stereocenters. The Bertz CT molecular complexity index is 958. The Balaban J connectivity index is 1.32. The maximum atomic E-state index is 5.35. The molecule has 0 amide bonds. The number of hydrazine groups is 2. The number of hydrogen-bond donors (Lipinski definition) is 4. The van der Waals surface area contributed by atoms with Crippen molar-refractivity contribution in [3.8, 4) is 0 Å². The highest BCUT2D eigenvalue weighted by atomic mass is 32.1. The van der Waals surface area contributed by atoms with Gasteiger partial charge in [0.1, 0.15) is 0 Å². The third-order valence-corrected chi connectivity index (χ3v) is 5.74. The van der Waals surface area contributed by atoms with E-state index in [-0.39, 0.29) is 0 Å². The third-order valence-electron chi connectivity index (χ3n) is 5.38. The minimum atomic E-state index is 0.447. The van der Waals surface area contributed by atoms with E-state index in [4.69, 9.17) is 24.4 Å². The third kappa shape index (κ3) is 9.04. The first-order valence-corrected chi connectivity index (χ1v) is 12.4. The molecular formula is C24H34N10S2. The predicted molar refractivity (Wildman–Crippen MR) is 158 cm³/mol. The molecule has 0 bridgehead atoms. The molecule has 10 nitrogen and oxygen atoms in total. The summed E-state index contributed by atoms with van der Waals surface area (Å²) < 4.78 is 0. The smallest absolute Gasteiger partial charge is 0.201 e. The molecule has 0 radical (unpaired) electrons. The summed E-state index contributed by atoms with van der Waals surface area (Å²) in [4.78, 5) is 4.11. The number of piperazine rings is 1. The number of nitrogens with zero attached hydrogens (tertiary/aromatic N) is 6. The van der Waals surface area contributed by atoms with Gasteiger partial charge in [0.25, 0.3) is 0 Å². The summed E-state index contributed by atoms with van der Waals surface area (Å²) in [7, 11) is 8.05. The maximum Gasteiger partial charge on any atom is 0.201 e. The average molecular weight is 527 g/mol. The van der Waals surface area contributed by atoms with Gasteiger partial charge in [-0.1, -0.05) is 24.3 Å². The zero-order valence-electron chi connectivity index (χ0n) is 21.1. The number of benzene rings is 2. The first-order chi connectivity index (χ1) is 17.3. The van der Waals surface area contributed by atoms with Crippen LogP contribution in [-0.2, 0) is 0 Å². The van der Waals surface area contributed by atoms with Crippen LogP contribution in [0.3, 0.4) is 0 Å². The lowest BCUT2D eigenvalue weighted by Crippen LogP contribution is -2.59. The van der Waals surface area contributed by atoms with Gasteiger partial charge in [-0.25, -0.2) is 10.0 Å². The molecule has 4 N–H and O–H groups in total. The molecular weight excluding hydrogens is 492 g/mol. The number of hydrogen-bond acceptors (Lipinski definition) is 8. The number of thiocarbonyl (C=S) groups is 2. The van der Waals surface area contributed by atoms with Crippen LogP contribution in [0.15, 0.2) is 58.7 Å². The summed E-state index contributed by atoms with van der Waals surface area (Å²) >= 11 is 10.7. The molecule has 12 heteroatoms. The van der Waals surface area contributed by atoms with Gasteiger partial charge in [0.15, 0.2) is 0 Å². The highest BCUT2D eigenvalue weighted by Gasteiger charge is 2.17. The second-order valence-electron chi connectivity index (χ2n) is 8.57. The first-order valence-electron chi connectivity index (χ1n) is 11.5. The van der Waals surface area contributed by atoms with Gasteiger partial charge in [-0.2, -0.15) is 10.2 Å². The molecule has 36 heavy (non-hydrogen) atoms. The van der Waals surface area contributed by atoms with Crippen molar-refractivity contribution < 1.29 is 0 Å². The number of rotatable bonds is 8. The molecule has 0 unspecified atom stereocenters. The molecule has 0 saturated carbocycles. The van der Waals surface area contributed by atoms with Gasteiger partial charge in [0.05, 0.1) is 12.4 Å². The fourth-order valence-corrected chi connectivity index (χ4v) is 3.68. The Labute approximate surface area is 223 Å². The summed E-state index contributed by atoms with van der Waals surface area (Å²) in [6, 6.07) is 16.2. The van der Waals surface area contributed by atoms with Gasteiger partial charge in [-0.05, 0) is 59.8 Å². The van der Waals surface area contributed by atoms with Crippen LogP contribution in [0.25, 0.3) is 0 Å². The predicted octanol–water partition coefficient (Wildman–Crippen LogP) is 1.56. The molecule has 1 saturated heterocycles. The van der Waals surface area contributed by atoms with Crippen molar-refractivity contribution in [3.63, 3.8) is 0 Å². The molecule has 1 aliphatic heterocycles. The number of nitrogens with one attached hydrogen (secondary N) is 4. The lowest BCUT2D eigenvalue weighted by atomic mass is 10.2. The highest BCUT2D eigenvalue weighted by molar-refractivity contribution is 7.80. The van der Waals surface area contributed by atoms with Gasteiger partial charge < -0.3 is 9.80 Å². The topological polar surface area (TPSA) is 85.8 Å². The molecule has 2 aromatic carbocycles. The first kappa shape index (κ1) is 27.3. The summed E-state index contributed by atoms with van der Waals surface area (Å²) in [6.07, 6.45) is 3.48. The average Bonchev–Trinajstić information content (AvgIpc) is 2.86. The fraction of sp³-hybridized carbons (Fsp3) is 0.333. The van der Waals surface area contributed by atoms with Gasteiger partial charge in [-0.3, -0.25) is 21.7 Å². The molecule has 2 aromatic rings. The quantitative estimate of drug-likeness (QED) is 0.231. The molecule has 0 aromatic heterocycles. The minimum absolute atomic E-state index is 0.447. The zero-order chi connectivity index (χ0) is 25.9. The van der Waals surface area contributed by atoms with Crippen molar-refractivity contribution in [2.45, 2.75) is 0 Å². The molecule has 192 valence electrons. The van der Waals surface area contributed by atoms with Crippen molar-refractivity contribution in [2.75, 3.05) is 64.2 Å². The van der Waals surface area contributed by atoms with E-state index in [1.807, 2.05) is 86.7 Å². The fourth-order valence-electron chi connectivity index (χ4n) is 3.32. The van der Waals surface area contributed by atoms with E-state index in [9.17, 15) is 0 Å². The van der Waals surface area contributed by atoms with E-state index in [2.05, 4.69) is 41.7 Å². The van der Waals surface area contributed by atoms with E-state index in [1.54, 1.807) is 12.4 Å². The monoisotopic (exact) mass is 526 g/mol. The summed E-state index contributed by atoms with van der Waals surface area (Å²) in [5, 5.41) is 13.4. The Hall–Kier alpha value is -3.32. The number of anilines is 2. The van der Waals surface area contributed by atoms with Crippen LogP contribution in [0, 0.1) is 0 Å². The van der Waals surface area contributed by atoms with Crippen LogP contribution in [0.5, 0.6) is 0 Å². The summed E-state index contributed by atoms with van der Waals surface area (Å²) in [5.41, 5.74) is 16.3. The van der Waals surface area contributed by atoms with Crippen LogP contribution in [0.4, 0.5) is 11.4 Å². The SMILES string of the molecule is CN(C)c1ccc(/C=N\NC(=S)NN2CCN(NC(=S)N/N=C\c3ccc(N(C)C)cc3)CC2)cc1. The molecule has 3 rings (SSSR count). The van der Waals surface area contributed by atoms with Crippen LogP contribution < -0.4 is 31.5 Å². The molecule has 1 fully saturated rings. The lowest BCUT2D eigenvalue weighted by Gasteiger charge is -2.35. The van der Waals surface area contributed by atoms with Gasteiger partial charge in [-0.15, -0.1) is 0 Å². The Morgan fingerprint density at radius 1 is 0.667 bits per heavy atom. The second kappa shape index (κ2) is 13.7. The van der Waals surface area contributed by atoms with Gasteiger partial charge >= 0.3 is 0 Å². The van der Waals surface area contributed by atoms with Crippen LogP contribution in [-0.4, -0.2) is 87.0 Å². The van der Waals surface area contributed by atoms with Gasteiger partial charge in [0.2, 0.25) is 10.2 Å². The van der Waals surface area contributed by atoms with Crippen molar-refractivity contribution in [1.82, 2.24) is 31.7 Å². The summed E-state index contributed by atoms with van der Waals surface area (Å²) in [5.74, 6) is 0. The van der Waals surface area contributed by atoms with E-state index in [0.29, 0.717) is 10.2 Å². The van der Waals surface area contributed by atoms with Crippen molar-refractivity contribution >= 4 is 58.5 Å². The molecule has 0 aliphatic carbocycles. The molecule has 1 aliphatic rings. The zero-order valence-corrected chi connectivity index (χ0v) is 22.7. The maximum absolute atomic E-state index is 5.35. The van der Waals surface area contributed by atoms with E-state index < -0.39 is 0 Å². The van der Waals surface area contributed by atoms with E-state index >= 15 is 0 Å². The highest BCUT2D eigenvalue weighted by Crippen LogP contribution is 2.11. The van der Waals surface area contributed by atoms with Crippen molar-refractivity contribution in [2.24, 2.45) is 10.2 Å². The number of hydrazone groups is 2. The van der Waals surface area contributed by atoms with Crippen molar-refractivity contribution in [1.29, 1.82) is 0 Å². The van der Waals surface area contributed by atoms with Gasteiger partial charge in [0, 0.05) is 65.7 Å². The van der Waals surface area contributed by atoms with E-state index in [1.165, 1.54) is 0 Å². The minimum Gasteiger partial charge on any atom is -0.378 e. The van der Waals surface area contributed by atoms with Crippen LogP contribution in [0.1, 0.15) is 11.1 Å². The normalized spacial score (nSPS) is 14.6. The van der Waals surface area contributed by atoms with Crippen molar-refractivity contribution in [3.05, 3.63) is 59.7 Å². The Morgan fingerprint density at radius 2 is 1.00 bits per heavy atom. The Morgan fingerprint density at radius 3 is 1.31 bits per heavy atom. The Kier molecular flexibility index (Phi) is 10.4. The second-order valence-corrected chi connectivity index (χ2v) is 9.38. The summed E-state index contributed by atoms with van der Waals surface area (Å²) in [6.45, 7) is 3.03. The van der Waals surface area contributed by atoms with E-state index in [0.717, 1.165) is 48.7 Å². The standard InChI is InChI=1S/C24H34N10S2/c1-31(2)21-9-5-19(6-10-21)17-25-27-23(35)29-33-13-15-34(16-14-33)30-24(36)28-26-18-20-7-11-22(12-8-20)32(3)4/h5-12,17-18H,13-16H2,1-4H3,(H2,27,29,35)(H2,28,30,36)/b25-17-,26-18-. The molecule has 1 heterocycles. The van der Waals surface area contributed by atoms with Crippen LogP contribution in [0.2, 0.25) is 0 Å². The van der Waals surface area contributed by atoms with Crippen LogP contribution >= 0.6 is 24.4 Å². The molecule has 0 spiro atoms. The lowest BCUT2D eigenvalue weighted by molar-refractivity contribution is 0.0936.